The molecular formula is C14H14FNO2. The summed E-state index contributed by atoms with van der Waals surface area (Å²) in [5, 5.41) is 10.1. The number of rotatable bonds is 4. The van der Waals surface area contributed by atoms with E-state index in [1.54, 1.807) is 18.5 Å². The highest BCUT2D eigenvalue weighted by Gasteiger charge is 2.12. The van der Waals surface area contributed by atoms with Gasteiger partial charge in [-0.2, -0.15) is 0 Å². The molecular weight excluding hydrogens is 233 g/mol. The summed E-state index contributed by atoms with van der Waals surface area (Å²) < 4.78 is 18.1. The van der Waals surface area contributed by atoms with Gasteiger partial charge in [0.05, 0.1) is 13.2 Å². The zero-order chi connectivity index (χ0) is 13.0. The molecule has 0 saturated heterocycles. The van der Waals surface area contributed by atoms with Gasteiger partial charge < -0.3 is 9.84 Å². The van der Waals surface area contributed by atoms with Crippen molar-refractivity contribution in [2.75, 3.05) is 7.11 Å². The highest BCUT2D eigenvalue weighted by Crippen LogP contribution is 2.24. The van der Waals surface area contributed by atoms with Crippen molar-refractivity contribution < 1.29 is 14.2 Å². The summed E-state index contributed by atoms with van der Waals surface area (Å²) >= 11 is 0. The smallest absolute Gasteiger partial charge is 0.165 e. The fourth-order valence-electron chi connectivity index (χ4n) is 1.74. The Morgan fingerprint density at radius 3 is 2.89 bits per heavy atom. The van der Waals surface area contributed by atoms with Gasteiger partial charge in [0.25, 0.3) is 0 Å². The monoisotopic (exact) mass is 247 g/mol. The van der Waals surface area contributed by atoms with Gasteiger partial charge in [-0.15, -0.1) is 0 Å². The minimum atomic E-state index is -0.705. The second kappa shape index (κ2) is 5.60. The Hall–Kier alpha value is -1.94. The number of halogens is 1. The van der Waals surface area contributed by atoms with Crippen LogP contribution in [0.2, 0.25) is 0 Å². The number of pyridine rings is 1. The number of nitrogens with zero attached hydrogens (tertiary/aromatic N) is 1. The van der Waals surface area contributed by atoms with E-state index in [4.69, 9.17) is 4.74 Å². The van der Waals surface area contributed by atoms with Crippen LogP contribution < -0.4 is 4.74 Å². The number of ether oxygens (including phenoxy) is 1. The van der Waals surface area contributed by atoms with E-state index < -0.39 is 11.9 Å². The van der Waals surface area contributed by atoms with Crippen molar-refractivity contribution in [2.45, 2.75) is 12.5 Å². The normalized spacial score (nSPS) is 12.2. The molecule has 0 saturated carbocycles. The Morgan fingerprint density at radius 1 is 1.39 bits per heavy atom. The molecule has 0 amide bonds. The van der Waals surface area contributed by atoms with Crippen LogP contribution in [0.25, 0.3) is 0 Å². The van der Waals surface area contributed by atoms with Crippen LogP contribution in [0.1, 0.15) is 17.2 Å². The molecule has 2 aromatic rings. The maximum absolute atomic E-state index is 13.2. The molecule has 0 fully saturated rings. The summed E-state index contributed by atoms with van der Waals surface area (Å²) in [6, 6.07) is 8.06. The second-order valence-corrected chi connectivity index (χ2v) is 3.98. The Kier molecular flexibility index (Phi) is 3.89. The van der Waals surface area contributed by atoms with Crippen molar-refractivity contribution in [3.8, 4) is 5.75 Å². The lowest BCUT2D eigenvalue weighted by Gasteiger charge is -2.12. The van der Waals surface area contributed by atoms with Crippen LogP contribution in [0.4, 0.5) is 4.39 Å². The van der Waals surface area contributed by atoms with Gasteiger partial charge in [-0.1, -0.05) is 12.1 Å². The molecule has 4 heteroatoms. The lowest BCUT2D eigenvalue weighted by Crippen LogP contribution is -2.03. The molecule has 1 unspecified atom stereocenters. The standard InChI is InChI=1S/C14H14FNO2/c1-18-14-8-11(4-5-12(14)15)13(17)7-10-3-2-6-16-9-10/h2-6,8-9,13,17H,7H2,1H3. The molecule has 0 aliphatic rings. The van der Waals surface area contributed by atoms with E-state index in [9.17, 15) is 9.50 Å². The number of benzene rings is 1. The molecule has 1 atom stereocenters. The Labute approximate surface area is 105 Å². The van der Waals surface area contributed by atoms with Crippen LogP contribution in [0.3, 0.4) is 0 Å². The average Bonchev–Trinajstić information content (AvgIpc) is 2.40. The third-order valence-electron chi connectivity index (χ3n) is 2.71. The van der Waals surface area contributed by atoms with Crippen molar-refractivity contribution in [1.29, 1.82) is 0 Å². The Bertz CT molecular complexity index is 516. The highest BCUT2D eigenvalue weighted by atomic mass is 19.1. The molecule has 94 valence electrons. The highest BCUT2D eigenvalue weighted by molar-refractivity contribution is 5.32. The summed E-state index contributed by atoms with van der Waals surface area (Å²) in [4.78, 5) is 3.98. The lowest BCUT2D eigenvalue weighted by atomic mass is 10.0. The number of aliphatic hydroxyl groups excluding tert-OH is 1. The Morgan fingerprint density at radius 2 is 2.22 bits per heavy atom. The SMILES string of the molecule is COc1cc(C(O)Cc2cccnc2)ccc1F. The number of aliphatic hydroxyl groups is 1. The second-order valence-electron chi connectivity index (χ2n) is 3.98. The first-order valence-electron chi connectivity index (χ1n) is 5.61. The fourth-order valence-corrected chi connectivity index (χ4v) is 1.74. The average molecular weight is 247 g/mol. The first-order valence-corrected chi connectivity index (χ1v) is 5.61. The van der Waals surface area contributed by atoms with E-state index in [2.05, 4.69) is 4.98 Å². The summed E-state index contributed by atoms with van der Waals surface area (Å²) in [6.07, 6.45) is 3.10. The van der Waals surface area contributed by atoms with Crippen LogP contribution >= 0.6 is 0 Å². The van der Waals surface area contributed by atoms with Crippen molar-refractivity contribution >= 4 is 0 Å². The van der Waals surface area contributed by atoms with Gasteiger partial charge in [0.15, 0.2) is 11.6 Å². The lowest BCUT2D eigenvalue weighted by molar-refractivity contribution is 0.177. The largest absolute Gasteiger partial charge is 0.494 e. The predicted octanol–water partition coefficient (Wildman–Crippen LogP) is 2.51. The molecule has 1 aromatic carbocycles. The molecule has 1 aromatic heterocycles. The molecule has 18 heavy (non-hydrogen) atoms. The minimum absolute atomic E-state index is 0.137. The van der Waals surface area contributed by atoms with E-state index >= 15 is 0 Å². The summed E-state index contributed by atoms with van der Waals surface area (Å²) in [7, 11) is 1.40. The van der Waals surface area contributed by atoms with E-state index in [0.29, 0.717) is 12.0 Å². The van der Waals surface area contributed by atoms with E-state index in [1.165, 1.54) is 19.2 Å². The first kappa shape index (κ1) is 12.5. The van der Waals surface area contributed by atoms with Gasteiger partial charge in [0.2, 0.25) is 0 Å². The molecule has 0 bridgehead atoms. The zero-order valence-corrected chi connectivity index (χ0v) is 10.0. The van der Waals surface area contributed by atoms with Gasteiger partial charge >= 0.3 is 0 Å². The van der Waals surface area contributed by atoms with Gasteiger partial charge in [0.1, 0.15) is 0 Å². The minimum Gasteiger partial charge on any atom is -0.494 e. The topological polar surface area (TPSA) is 42.4 Å². The number of methoxy groups -OCH3 is 1. The summed E-state index contributed by atoms with van der Waals surface area (Å²) in [6.45, 7) is 0. The van der Waals surface area contributed by atoms with Crippen LogP contribution in [0, 0.1) is 5.82 Å². The fraction of sp³-hybridized carbons (Fsp3) is 0.214. The quantitative estimate of drug-likeness (QED) is 0.902. The van der Waals surface area contributed by atoms with Crippen LogP contribution in [-0.4, -0.2) is 17.2 Å². The summed E-state index contributed by atoms with van der Waals surface area (Å²) in [5.41, 5.74) is 1.55. The maximum atomic E-state index is 13.2. The van der Waals surface area contributed by atoms with Crippen molar-refractivity contribution in [1.82, 2.24) is 4.98 Å². The molecule has 0 aliphatic carbocycles. The summed E-state index contributed by atoms with van der Waals surface area (Å²) in [5.74, 6) is -0.299. The van der Waals surface area contributed by atoms with Crippen molar-refractivity contribution in [2.24, 2.45) is 0 Å². The van der Waals surface area contributed by atoms with Gasteiger partial charge in [0, 0.05) is 18.8 Å². The van der Waals surface area contributed by atoms with Gasteiger partial charge in [-0.25, -0.2) is 4.39 Å². The zero-order valence-electron chi connectivity index (χ0n) is 10.0. The van der Waals surface area contributed by atoms with E-state index in [-0.39, 0.29) is 5.75 Å². The number of hydrogen-bond acceptors (Lipinski definition) is 3. The molecule has 0 spiro atoms. The van der Waals surface area contributed by atoms with Crippen molar-refractivity contribution in [3.63, 3.8) is 0 Å². The van der Waals surface area contributed by atoms with Crippen molar-refractivity contribution in [3.05, 3.63) is 59.7 Å². The first-order chi connectivity index (χ1) is 8.70. The molecule has 3 nitrogen and oxygen atoms in total. The number of aromatic nitrogens is 1. The van der Waals surface area contributed by atoms with Crippen LogP contribution in [0.5, 0.6) is 5.75 Å². The third-order valence-corrected chi connectivity index (χ3v) is 2.71. The van der Waals surface area contributed by atoms with Crippen LogP contribution in [0.15, 0.2) is 42.7 Å². The molecule has 0 aliphatic heterocycles. The molecule has 0 radical (unpaired) electrons. The molecule has 2 rings (SSSR count). The van der Waals surface area contributed by atoms with E-state index in [1.807, 2.05) is 12.1 Å². The maximum Gasteiger partial charge on any atom is 0.165 e. The molecule has 1 N–H and O–H groups in total. The number of hydrogen-bond donors (Lipinski definition) is 1. The van der Waals surface area contributed by atoms with Gasteiger partial charge in [-0.05, 0) is 29.3 Å². The van der Waals surface area contributed by atoms with E-state index in [0.717, 1.165) is 5.56 Å². The predicted molar refractivity (Wildman–Crippen MR) is 65.9 cm³/mol. The Balaban J connectivity index is 2.16. The van der Waals surface area contributed by atoms with Crippen LogP contribution in [-0.2, 0) is 6.42 Å². The van der Waals surface area contributed by atoms with Gasteiger partial charge in [-0.3, -0.25) is 4.98 Å². The third kappa shape index (κ3) is 2.84. The molecule has 1 heterocycles.